The summed E-state index contributed by atoms with van der Waals surface area (Å²) < 4.78 is 4.85. The lowest BCUT2D eigenvalue weighted by Gasteiger charge is -2.37. The van der Waals surface area contributed by atoms with E-state index in [0.29, 0.717) is 18.6 Å². The molecule has 0 aromatic carbocycles. The summed E-state index contributed by atoms with van der Waals surface area (Å²) in [4.78, 5) is 14.0. The van der Waals surface area contributed by atoms with E-state index in [1.165, 1.54) is 20.0 Å². The van der Waals surface area contributed by atoms with E-state index in [1.807, 2.05) is 0 Å². The molecule has 0 bridgehead atoms. The Hall–Kier alpha value is -0.650. The van der Waals surface area contributed by atoms with Gasteiger partial charge in [0.1, 0.15) is 0 Å². The molecule has 0 aromatic heterocycles. The van der Waals surface area contributed by atoms with Crippen LogP contribution >= 0.6 is 0 Å². The first-order chi connectivity index (χ1) is 8.24. The molecule has 1 aliphatic heterocycles. The first kappa shape index (κ1) is 12.8. The van der Waals surface area contributed by atoms with Gasteiger partial charge in [0.25, 0.3) is 0 Å². The summed E-state index contributed by atoms with van der Waals surface area (Å²) in [5, 5.41) is 12.1. The monoisotopic (exact) mass is 242 g/mol. The second-order valence-corrected chi connectivity index (χ2v) is 5.02. The number of aliphatic hydroxyl groups is 1. The summed E-state index contributed by atoms with van der Waals surface area (Å²) in [5.41, 5.74) is 0. The van der Waals surface area contributed by atoms with Gasteiger partial charge in [-0.25, -0.2) is 0 Å². The normalized spacial score (nSPS) is 30.2. The third-order valence-electron chi connectivity index (χ3n) is 3.62. The van der Waals surface area contributed by atoms with E-state index in [4.69, 9.17) is 9.84 Å². The van der Waals surface area contributed by atoms with Gasteiger partial charge < -0.3 is 15.2 Å². The van der Waals surface area contributed by atoms with Gasteiger partial charge in [0.05, 0.1) is 19.6 Å². The van der Waals surface area contributed by atoms with Gasteiger partial charge in [0.2, 0.25) is 0 Å². The minimum Gasteiger partial charge on any atom is -0.469 e. The number of methoxy groups -OCH3 is 1. The second kappa shape index (κ2) is 5.80. The van der Waals surface area contributed by atoms with Crippen molar-refractivity contribution in [2.75, 3.05) is 33.4 Å². The van der Waals surface area contributed by atoms with E-state index < -0.39 is 0 Å². The van der Waals surface area contributed by atoms with Crippen molar-refractivity contribution in [3.8, 4) is 0 Å². The molecule has 2 rings (SSSR count). The van der Waals surface area contributed by atoms with E-state index in [0.717, 1.165) is 19.5 Å². The SMILES string of the molecule is COC(=O)C1CC(NCCO)CN(C2CC2)C1. The van der Waals surface area contributed by atoms with Crippen molar-refractivity contribution in [1.82, 2.24) is 10.2 Å². The maximum absolute atomic E-state index is 11.6. The molecule has 0 amide bonds. The Balaban J connectivity index is 1.91. The minimum absolute atomic E-state index is 0.0226. The van der Waals surface area contributed by atoms with Crippen molar-refractivity contribution >= 4 is 5.97 Å². The maximum Gasteiger partial charge on any atom is 0.310 e. The van der Waals surface area contributed by atoms with Gasteiger partial charge in [-0.05, 0) is 19.3 Å². The largest absolute Gasteiger partial charge is 0.469 e. The number of ether oxygens (including phenoxy) is 1. The van der Waals surface area contributed by atoms with Crippen LogP contribution in [0.3, 0.4) is 0 Å². The van der Waals surface area contributed by atoms with E-state index in [2.05, 4.69) is 10.2 Å². The van der Waals surface area contributed by atoms with Crippen LogP contribution in [0.15, 0.2) is 0 Å². The van der Waals surface area contributed by atoms with Crippen LogP contribution in [-0.4, -0.2) is 61.4 Å². The molecular formula is C12H22N2O3. The first-order valence-electron chi connectivity index (χ1n) is 6.40. The number of nitrogens with one attached hydrogen (secondary N) is 1. The smallest absolute Gasteiger partial charge is 0.310 e. The Bertz CT molecular complexity index is 268. The number of rotatable bonds is 5. The van der Waals surface area contributed by atoms with E-state index >= 15 is 0 Å². The third-order valence-corrected chi connectivity index (χ3v) is 3.62. The number of carbonyl (C=O) groups is 1. The highest BCUT2D eigenvalue weighted by Gasteiger charge is 2.38. The average Bonchev–Trinajstić information content (AvgIpc) is 3.19. The molecule has 1 heterocycles. The zero-order valence-corrected chi connectivity index (χ0v) is 10.4. The maximum atomic E-state index is 11.6. The van der Waals surface area contributed by atoms with Gasteiger partial charge in [-0.15, -0.1) is 0 Å². The Morgan fingerprint density at radius 2 is 2.24 bits per heavy atom. The van der Waals surface area contributed by atoms with Crippen molar-refractivity contribution < 1.29 is 14.6 Å². The first-order valence-corrected chi connectivity index (χ1v) is 6.40. The standard InChI is InChI=1S/C12H22N2O3/c1-17-12(16)9-6-10(13-4-5-15)8-14(7-9)11-2-3-11/h9-11,13,15H,2-8H2,1H3. The topological polar surface area (TPSA) is 61.8 Å². The minimum atomic E-state index is -0.105. The molecule has 1 saturated heterocycles. The number of aliphatic hydroxyl groups excluding tert-OH is 1. The lowest BCUT2D eigenvalue weighted by Crippen LogP contribution is -2.52. The van der Waals surface area contributed by atoms with Gasteiger partial charge >= 0.3 is 5.97 Å². The molecule has 2 N–H and O–H groups in total. The molecule has 0 aromatic rings. The highest BCUT2D eigenvalue weighted by molar-refractivity contribution is 5.72. The van der Waals surface area contributed by atoms with Gasteiger partial charge in [0, 0.05) is 31.7 Å². The van der Waals surface area contributed by atoms with Crippen LogP contribution in [0.1, 0.15) is 19.3 Å². The number of hydrogen-bond acceptors (Lipinski definition) is 5. The van der Waals surface area contributed by atoms with Gasteiger partial charge in [-0.2, -0.15) is 0 Å². The molecule has 1 aliphatic carbocycles. The lowest BCUT2D eigenvalue weighted by atomic mass is 9.94. The number of hydrogen-bond donors (Lipinski definition) is 2. The van der Waals surface area contributed by atoms with Gasteiger partial charge in [-0.1, -0.05) is 0 Å². The summed E-state index contributed by atoms with van der Waals surface area (Å²) in [6.45, 7) is 2.55. The zero-order valence-electron chi connectivity index (χ0n) is 10.4. The van der Waals surface area contributed by atoms with E-state index in [-0.39, 0.29) is 18.5 Å². The molecule has 0 spiro atoms. The number of piperidine rings is 1. The fourth-order valence-corrected chi connectivity index (χ4v) is 2.63. The van der Waals surface area contributed by atoms with Crippen molar-refractivity contribution in [2.24, 2.45) is 5.92 Å². The molecule has 2 fully saturated rings. The van der Waals surface area contributed by atoms with Crippen LogP contribution in [0.4, 0.5) is 0 Å². The fourth-order valence-electron chi connectivity index (χ4n) is 2.63. The summed E-state index contributed by atoms with van der Waals surface area (Å²) in [6, 6.07) is 0.960. The van der Waals surface area contributed by atoms with E-state index in [1.54, 1.807) is 0 Å². The Morgan fingerprint density at radius 1 is 1.47 bits per heavy atom. The number of likely N-dealkylation sites (tertiary alicyclic amines) is 1. The van der Waals surface area contributed by atoms with Crippen LogP contribution in [0.25, 0.3) is 0 Å². The van der Waals surface area contributed by atoms with Crippen LogP contribution < -0.4 is 5.32 Å². The molecule has 17 heavy (non-hydrogen) atoms. The molecular weight excluding hydrogens is 220 g/mol. The Kier molecular flexibility index (Phi) is 4.36. The lowest BCUT2D eigenvalue weighted by molar-refractivity contribution is -0.147. The fraction of sp³-hybridized carbons (Fsp3) is 0.917. The Labute approximate surface area is 102 Å². The Morgan fingerprint density at radius 3 is 2.82 bits per heavy atom. The molecule has 98 valence electrons. The predicted octanol–water partition coefficient (Wildman–Crippen LogP) is -0.406. The van der Waals surface area contributed by atoms with Crippen molar-refractivity contribution in [2.45, 2.75) is 31.3 Å². The van der Waals surface area contributed by atoms with Crippen molar-refractivity contribution in [1.29, 1.82) is 0 Å². The third kappa shape index (κ3) is 3.40. The number of carbonyl (C=O) groups excluding carboxylic acids is 1. The molecule has 5 heteroatoms. The molecule has 2 unspecified atom stereocenters. The predicted molar refractivity (Wildman–Crippen MR) is 63.6 cm³/mol. The van der Waals surface area contributed by atoms with Crippen LogP contribution in [-0.2, 0) is 9.53 Å². The molecule has 2 atom stereocenters. The van der Waals surface area contributed by atoms with Crippen LogP contribution in [0, 0.1) is 5.92 Å². The summed E-state index contributed by atoms with van der Waals surface area (Å²) in [7, 11) is 1.45. The quantitative estimate of drug-likeness (QED) is 0.642. The molecule has 0 radical (unpaired) electrons. The number of nitrogens with zero attached hydrogens (tertiary/aromatic N) is 1. The molecule has 5 nitrogen and oxygen atoms in total. The highest BCUT2D eigenvalue weighted by atomic mass is 16.5. The number of esters is 1. The van der Waals surface area contributed by atoms with Crippen molar-refractivity contribution in [3.05, 3.63) is 0 Å². The average molecular weight is 242 g/mol. The van der Waals surface area contributed by atoms with Crippen LogP contribution in [0.5, 0.6) is 0 Å². The van der Waals surface area contributed by atoms with Crippen LogP contribution in [0.2, 0.25) is 0 Å². The summed E-state index contributed by atoms with van der Waals surface area (Å²) >= 11 is 0. The highest BCUT2D eigenvalue weighted by Crippen LogP contribution is 2.31. The molecule has 2 aliphatic rings. The zero-order chi connectivity index (χ0) is 12.3. The van der Waals surface area contributed by atoms with E-state index in [9.17, 15) is 4.79 Å². The van der Waals surface area contributed by atoms with Gasteiger partial charge in [0.15, 0.2) is 0 Å². The summed E-state index contributed by atoms with van der Waals surface area (Å²) in [6.07, 6.45) is 3.32. The molecule has 1 saturated carbocycles. The second-order valence-electron chi connectivity index (χ2n) is 5.02. The van der Waals surface area contributed by atoms with Gasteiger partial charge in [-0.3, -0.25) is 9.69 Å². The summed E-state index contributed by atoms with van der Waals surface area (Å²) in [5.74, 6) is -0.128. The van der Waals surface area contributed by atoms with Crippen molar-refractivity contribution in [3.63, 3.8) is 0 Å².